The van der Waals surface area contributed by atoms with Crippen LogP contribution in [0.3, 0.4) is 0 Å². The first-order valence-electron chi connectivity index (χ1n) is 6.14. The van der Waals surface area contributed by atoms with Gasteiger partial charge in [-0.25, -0.2) is 0 Å². The van der Waals surface area contributed by atoms with Crippen molar-refractivity contribution in [2.45, 2.75) is 44.6 Å². The second-order valence-corrected chi connectivity index (χ2v) is 4.57. The van der Waals surface area contributed by atoms with Gasteiger partial charge in [-0.15, -0.1) is 0 Å². The monoisotopic (exact) mass is 220 g/mol. The number of hydrazine groups is 1. The Bertz CT molecular complexity index is 293. The minimum absolute atomic E-state index is 0.230. The maximum atomic E-state index is 5.69. The van der Waals surface area contributed by atoms with E-state index in [1.807, 2.05) is 12.3 Å². The predicted molar refractivity (Wildman–Crippen MR) is 63.3 cm³/mol. The van der Waals surface area contributed by atoms with E-state index in [9.17, 15) is 0 Å². The van der Waals surface area contributed by atoms with Gasteiger partial charge in [0, 0.05) is 6.20 Å². The average molecular weight is 220 g/mol. The van der Waals surface area contributed by atoms with Crippen LogP contribution in [0.4, 0.5) is 0 Å². The SMILES string of the molecule is NNC(c1ccnnc1)C1CCCCCC1. The van der Waals surface area contributed by atoms with Crippen molar-refractivity contribution in [2.24, 2.45) is 11.8 Å². The van der Waals surface area contributed by atoms with Gasteiger partial charge < -0.3 is 0 Å². The van der Waals surface area contributed by atoms with Crippen LogP contribution in [0.15, 0.2) is 18.5 Å². The molecule has 0 aliphatic heterocycles. The summed E-state index contributed by atoms with van der Waals surface area (Å²) in [4.78, 5) is 0. The smallest absolute Gasteiger partial charge is 0.0544 e. The summed E-state index contributed by atoms with van der Waals surface area (Å²) in [5.41, 5.74) is 4.10. The van der Waals surface area contributed by atoms with Crippen LogP contribution in [-0.4, -0.2) is 10.2 Å². The molecule has 1 aliphatic carbocycles. The Hall–Kier alpha value is -1.00. The van der Waals surface area contributed by atoms with Crippen molar-refractivity contribution >= 4 is 0 Å². The van der Waals surface area contributed by atoms with Crippen molar-refractivity contribution in [3.05, 3.63) is 24.0 Å². The predicted octanol–water partition coefficient (Wildman–Crippen LogP) is 1.95. The zero-order valence-electron chi connectivity index (χ0n) is 9.60. The van der Waals surface area contributed by atoms with Crippen molar-refractivity contribution in [1.29, 1.82) is 0 Å². The molecule has 0 amide bonds. The number of rotatable bonds is 3. The third-order valence-corrected chi connectivity index (χ3v) is 3.52. The Labute approximate surface area is 96.6 Å². The van der Waals surface area contributed by atoms with Crippen LogP contribution in [0.1, 0.15) is 50.1 Å². The number of nitrogens with two attached hydrogens (primary N) is 1. The molecule has 0 bridgehead atoms. The van der Waals surface area contributed by atoms with Gasteiger partial charge in [0.1, 0.15) is 0 Å². The third-order valence-electron chi connectivity index (χ3n) is 3.52. The molecule has 0 aromatic carbocycles. The van der Waals surface area contributed by atoms with Gasteiger partial charge in [-0.1, -0.05) is 25.7 Å². The summed E-state index contributed by atoms with van der Waals surface area (Å²) < 4.78 is 0. The van der Waals surface area contributed by atoms with Gasteiger partial charge in [0.05, 0.1) is 12.2 Å². The molecule has 1 atom stereocenters. The maximum Gasteiger partial charge on any atom is 0.0544 e. The van der Waals surface area contributed by atoms with Gasteiger partial charge in [0.25, 0.3) is 0 Å². The Kier molecular flexibility index (Phi) is 4.25. The van der Waals surface area contributed by atoms with E-state index in [4.69, 9.17) is 5.84 Å². The fraction of sp³-hybridized carbons (Fsp3) is 0.667. The second kappa shape index (κ2) is 5.92. The molecule has 0 saturated heterocycles. The van der Waals surface area contributed by atoms with Crippen molar-refractivity contribution in [3.63, 3.8) is 0 Å². The van der Waals surface area contributed by atoms with Gasteiger partial charge in [-0.05, 0) is 30.4 Å². The lowest BCUT2D eigenvalue weighted by Gasteiger charge is -2.25. The molecule has 1 aromatic rings. The van der Waals surface area contributed by atoms with Crippen LogP contribution in [0, 0.1) is 5.92 Å². The summed E-state index contributed by atoms with van der Waals surface area (Å²) in [6.45, 7) is 0. The number of aromatic nitrogens is 2. The molecule has 0 radical (unpaired) electrons. The molecule has 4 heteroatoms. The van der Waals surface area contributed by atoms with Crippen LogP contribution in [-0.2, 0) is 0 Å². The molecule has 0 spiro atoms. The first-order valence-corrected chi connectivity index (χ1v) is 6.14. The van der Waals surface area contributed by atoms with Crippen molar-refractivity contribution < 1.29 is 0 Å². The summed E-state index contributed by atoms with van der Waals surface area (Å²) in [5, 5.41) is 7.73. The zero-order chi connectivity index (χ0) is 11.2. The van der Waals surface area contributed by atoms with Crippen LogP contribution in [0.2, 0.25) is 0 Å². The molecule has 16 heavy (non-hydrogen) atoms. The van der Waals surface area contributed by atoms with E-state index in [0.717, 1.165) is 5.56 Å². The molecule has 4 nitrogen and oxygen atoms in total. The summed E-state index contributed by atoms with van der Waals surface area (Å²) in [6, 6.07) is 2.23. The van der Waals surface area contributed by atoms with E-state index in [0.29, 0.717) is 5.92 Å². The fourth-order valence-corrected chi connectivity index (χ4v) is 2.63. The fourth-order valence-electron chi connectivity index (χ4n) is 2.63. The van der Waals surface area contributed by atoms with E-state index in [1.54, 1.807) is 6.20 Å². The molecule has 2 rings (SSSR count). The molecule has 1 heterocycles. The Morgan fingerprint density at radius 1 is 1.19 bits per heavy atom. The normalized spacial score (nSPS) is 20.3. The summed E-state index contributed by atoms with van der Waals surface area (Å²) in [7, 11) is 0. The van der Waals surface area contributed by atoms with Crippen LogP contribution >= 0.6 is 0 Å². The minimum atomic E-state index is 0.230. The Balaban J connectivity index is 2.09. The molecule has 1 aliphatic rings. The van der Waals surface area contributed by atoms with Crippen molar-refractivity contribution in [2.75, 3.05) is 0 Å². The van der Waals surface area contributed by atoms with Crippen LogP contribution < -0.4 is 11.3 Å². The lowest BCUT2D eigenvalue weighted by Crippen LogP contribution is -2.33. The number of nitrogens with zero attached hydrogens (tertiary/aromatic N) is 2. The number of hydrogen-bond acceptors (Lipinski definition) is 4. The van der Waals surface area contributed by atoms with E-state index in [2.05, 4.69) is 15.6 Å². The topological polar surface area (TPSA) is 63.8 Å². The molecule has 3 N–H and O–H groups in total. The van der Waals surface area contributed by atoms with Gasteiger partial charge in [0.2, 0.25) is 0 Å². The largest absolute Gasteiger partial charge is 0.271 e. The highest BCUT2D eigenvalue weighted by molar-refractivity contribution is 5.12. The highest BCUT2D eigenvalue weighted by Gasteiger charge is 2.23. The van der Waals surface area contributed by atoms with E-state index in [1.165, 1.54) is 38.5 Å². The van der Waals surface area contributed by atoms with Crippen molar-refractivity contribution in [1.82, 2.24) is 15.6 Å². The summed E-state index contributed by atoms with van der Waals surface area (Å²) in [5.74, 6) is 6.32. The van der Waals surface area contributed by atoms with E-state index in [-0.39, 0.29) is 6.04 Å². The quantitative estimate of drug-likeness (QED) is 0.464. The molecular formula is C12H20N4. The third kappa shape index (κ3) is 2.77. The van der Waals surface area contributed by atoms with Gasteiger partial charge in [-0.2, -0.15) is 10.2 Å². The van der Waals surface area contributed by atoms with Crippen molar-refractivity contribution in [3.8, 4) is 0 Å². The minimum Gasteiger partial charge on any atom is -0.271 e. The molecular weight excluding hydrogens is 200 g/mol. The van der Waals surface area contributed by atoms with E-state index < -0.39 is 0 Å². The second-order valence-electron chi connectivity index (χ2n) is 4.57. The molecule has 1 aromatic heterocycles. The van der Waals surface area contributed by atoms with Gasteiger partial charge in [-0.3, -0.25) is 11.3 Å². The highest BCUT2D eigenvalue weighted by Crippen LogP contribution is 2.32. The standard InChI is InChI=1S/C12H20N4/c13-16-12(11-7-8-14-15-9-11)10-5-3-1-2-4-6-10/h7-10,12,16H,1-6,13H2. The number of nitrogens with one attached hydrogen (secondary N) is 1. The zero-order valence-corrected chi connectivity index (χ0v) is 9.60. The molecule has 1 saturated carbocycles. The lowest BCUT2D eigenvalue weighted by atomic mass is 9.88. The van der Waals surface area contributed by atoms with Crippen LogP contribution in [0.25, 0.3) is 0 Å². The van der Waals surface area contributed by atoms with Crippen LogP contribution in [0.5, 0.6) is 0 Å². The first kappa shape index (κ1) is 11.5. The van der Waals surface area contributed by atoms with Gasteiger partial charge >= 0.3 is 0 Å². The average Bonchev–Trinajstić information content (AvgIpc) is 2.61. The highest BCUT2D eigenvalue weighted by atomic mass is 15.2. The number of hydrogen-bond donors (Lipinski definition) is 2. The first-order chi connectivity index (χ1) is 7.92. The summed E-state index contributed by atoms with van der Waals surface area (Å²) >= 11 is 0. The molecule has 88 valence electrons. The van der Waals surface area contributed by atoms with E-state index >= 15 is 0 Å². The maximum absolute atomic E-state index is 5.69. The van der Waals surface area contributed by atoms with Gasteiger partial charge in [0.15, 0.2) is 0 Å². The lowest BCUT2D eigenvalue weighted by molar-refractivity contribution is 0.328. The Morgan fingerprint density at radius 2 is 1.94 bits per heavy atom. The molecule has 1 fully saturated rings. The summed E-state index contributed by atoms with van der Waals surface area (Å²) in [6.07, 6.45) is 11.4. The Morgan fingerprint density at radius 3 is 2.50 bits per heavy atom. The molecule has 1 unspecified atom stereocenters.